The zero-order valence-electron chi connectivity index (χ0n) is 14.6. The van der Waals surface area contributed by atoms with E-state index in [0.29, 0.717) is 11.5 Å². The molecule has 1 aliphatic carbocycles. The van der Waals surface area contributed by atoms with Crippen LogP contribution in [0.1, 0.15) is 73.6 Å². The largest absolute Gasteiger partial charge is 0.300 e. The molecule has 1 fully saturated rings. The fourth-order valence-corrected chi connectivity index (χ4v) is 4.44. The Hall–Kier alpha value is -0.300. The van der Waals surface area contributed by atoms with Gasteiger partial charge in [-0.1, -0.05) is 38.8 Å². The Labute approximate surface area is 126 Å². The standard InChI is InChI=1S/C19H35N/c1-14(2)17-8-10-19(12-18(17)15(3)4)9-7-11-20(13-19)16(5)6/h14-16H,7-13H2,1-6H3. The molecule has 1 atom stereocenters. The van der Waals surface area contributed by atoms with Gasteiger partial charge in [-0.05, 0) is 69.7 Å². The summed E-state index contributed by atoms with van der Waals surface area (Å²) in [5.74, 6) is 1.48. The minimum Gasteiger partial charge on any atom is -0.300 e. The lowest BCUT2D eigenvalue weighted by Gasteiger charge is -2.48. The Morgan fingerprint density at radius 2 is 1.55 bits per heavy atom. The number of hydrogen-bond acceptors (Lipinski definition) is 1. The van der Waals surface area contributed by atoms with Gasteiger partial charge in [-0.2, -0.15) is 0 Å². The van der Waals surface area contributed by atoms with E-state index in [-0.39, 0.29) is 0 Å². The maximum Gasteiger partial charge on any atom is 0.00439 e. The first-order valence-electron chi connectivity index (χ1n) is 8.80. The zero-order valence-corrected chi connectivity index (χ0v) is 14.6. The van der Waals surface area contributed by atoms with E-state index >= 15 is 0 Å². The fraction of sp³-hybridized carbons (Fsp3) is 0.895. The third-order valence-corrected chi connectivity index (χ3v) is 5.72. The molecule has 2 rings (SSSR count). The molecule has 0 radical (unpaired) electrons. The minimum atomic E-state index is 0.598. The molecule has 1 saturated heterocycles. The minimum absolute atomic E-state index is 0.598. The molecule has 0 aromatic carbocycles. The van der Waals surface area contributed by atoms with Gasteiger partial charge in [0.05, 0.1) is 0 Å². The number of hydrogen-bond donors (Lipinski definition) is 0. The summed E-state index contributed by atoms with van der Waals surface area (Å²) < 4.78 is 0. The lowest BCUT2D eigenvalue weighted by Crippen LogP contribution is -2.47. The van der Waals surface area contributed by atoms with Crippen molar-refractivity contribution >= 4 is 0 Å². The van der Waals surface area contributed by atoms with Gasteiger partial charge in [-0.25, -0.2) is 0 Å². The van der Waals surface area contributed by atoms with Crippen molar-refractivity contribution in [2.75, 3.05) is 13.1 Å². The van der Waals surface area contributed by atoms with Crippen LogP contribution in [0.2, 0.25) is 0 Å². The van der Waals surface area contributed by atoms with Crippen molar-refractivity contribution in [3.05, 3.63) is 11.1 Å². The first-order chi connectivity index (χ1) is 9.34. The molecule has 1 nitrogen and oxygen atoms in total. The van der Waals surface area contributed by atoms with Gasteiger partial charge in [0.15, 0.2) is 0 Å². The van der Waals surface area contributed by atoms with Crippen LogP contribution >= 0.6 is 0 Å². The van der Waals surface area contributed by atoms with Crippen LogP contribution in [0.3, 0.4) is 0 Å². The zero-order chi connectivity index (χ0) is 14.9. The molecule has 0 saturated carbocycles. The maximum atomic E-state index is 2.72. The number of likely N-dealkylation sites (tertiary alicyclic amines) is 1. The molecule has 1 heteroatoms. The van der Waals surface area contributed by atoms with Crippen LogP contribution in [0.25, 0.3) is 0 Å². The Bertz CT molecular complexity index is 364. The van der Waals surface area contributed by atoms with Crippen molar-refractivity contribution in [3.8, 4) is 0 Å². The molecule has 1 unspecified atom stereocenters. The van der Waals surface area contributed by atoms with Gasteiger partial charge in [-0.3, -0.25) is 0 Å². The Morgan fingerprint density at radius 1 is 0.900 bits per heavy atom. The summed E-state index contributed by atoms with van der Waals surface area (Å²) in [6, 6.07) is 0.713. The fourth-order valence-electron chi connectivity index (χ4n) is 4.44. The van der Waals surface area contributed by atoms with Crippen molar-refractivity contribution < 1.29 is 0 Å². The monoisotopic (exact) mass is 277 g/mol. The first-order valence-corrected chi connectivity index (χ1v) is 8.80. The van der Waals surface area contributed by atoms with Gasteiger partial charge in [0.2, 0.25) is 0 Å². The molecule has 0 aromatic heterocycles. The molecule has 0 aromatic rings. The molecule has 0 N–H and O–H groups in total. The smallest absolute Gasteiger partial charge is 0.00439 e. The quantitative estimate of drug-likeness (QED) is 0.635. The number of nitrogens with zero attached hydrogens (tertiary/aromatic N) is 1. The van der Waals surface area contributed by atoms with Crippen LogP contribution in [-0.4, -0.2) is 24.0 Å². The van der Waals surface area contributed by atoms with Gasteiger partial charge in [-0.15, -0.1) is 0 Å². The van der Waals surface area contributed by atoms with Gasteiger partial charge < -0.3 is 4.90 Å². The van der Waals surface area contributed by atoms with Gasteiger partial charge in [0.1, 0.15) is 0 Å². The van der Waals surface area contributed by atoms with Crippen molar-refractivity contribution in [1.82, 2.24) is 4.90 Å². The predicted molar refractivity (Wildman–Crippen MR) is 88.9 cm³/mol. The van der Waals surface area contributed by atoms with E-state index in [1.807, 2.05) is 0 Å². The van der Waals surface area contributed by atoms with Crippen molar-refractivity contribution in [3.63, 3.8) is 0 Å². The molecule has 0 bridgehead atoms. The SMILES string of the molecule is CC(C)C1=C(C(C)C)CC2(CCCN(C(C)C)C2)CC1. The normalized spacial score (nSPS) is 29.2. The van der Waals surface area contributed by atoms with E-state index in [1.165, 1.54) is 45.2 Å². The van der Waals surface area contributed by atoms with E-state index in [0.717, 1.165) is 11.8 Å². The molecule has 1 spiro atoms. The second-order valence-corrected chi connectivity index (χ2v) is 8.20. The third kappa shape index (κ3) is 3.30. The summed E-state index contributed by atoms with van der Waals surface area (Å²) in [6.45, 7) is 17.0. The molecule has 116 valence electrons. The lowest BCUT2D eigenvalue weighted by molar-refractivity contribution is 0.0519. The molecule has 20 heavy (non-hydrogen) atoms. The molecular weight excluding hydrogens is 242 g/mol. The molecule has 0 amide bonds. The Morgan fingerprint density at radius 3 is 2.10 bits per heavy atom. The Kier molecular flexibility index (Phi) is 5.00. The van der Waals surface area contributed by atoms with Crippen LogP contribution in [0.5, 0.6) is 0 Å². The number of allylic oxidation sites excluding steroid dienone is 2. The summed E-state index contributed by atoms with van der Waals surface area (Å²) in [7, 11) is 0. The van der Waals surface area contributed by atoms with E-state index in [4.69, 9.17) is 0 Å². The molecule has 1 heterocycles. The van der Waals surface area contributed by atoms with E-state index in [1.54, 1.807) is 11.1 Å². The van der Waals surface area contributed by atoms with Crippen LogP contribution in [0.4, 0.5) is 0 Å². The average molecular weight is 277 g/mol. The van der Waals surface area contributed by atoms with Crippen molar-refractivity contribution in [2.24, 2.45) is 17.3 Å². The molecular formula is C19H35N. The highest BCUT2D eigenvalue weighted by molar-refractivity contribution is 5.24. The summed E-state index contributed by atoms with van der Waals surface area (Å²) in [5.41, 5.74) is 4.18. The van der Waals surface area contributed by atoms with Crippen molar-refractivity contribution in [1.29, 1.82) is 0 Å². The van der Waals surface area contributed by atoms with E-state index < -0.39 is 0 Å². The second-order valence-electron chi connectivity index (χ2n) is 8.20. The highest BCUT2D eigenvalue weighted by Gasteiger charge is 2.40. The maximum absolute atomic E-state index is 2.72. The second kappa shape index (κ2) is 6.22. The molecule has 2 aliphatic rings. The summed E-state index contributed by atoms with van der Waals surface area (Å²) in [5, 5.41) is 0. The summed E-state index contributed by atoms with van der Waals surface area (Å²) in [4.78, 5) is 2.72. The van der Waals surface area contributed by atoms with Gasteiger partial charge >= 0.3 is 0 Å². The van der Waals surface area contributed by atoms with Gasteiger partial charge in [0, 0.05) is 12.6 Å². The summed E-state index contributed by atoms with van der Waals surface area (Å²) >= 11 is 0. The summed E-state index contributed by atoms with van der Waals surface area (Å²) in [6.07, 6.45) is 7.02. The first kappa shape index (κ1) is 16.1. The van der Waals surface area contributed by atoms with Crippen LogP contribution in [0.15, 0.2) is 11.1 Å². The highest BCUT2D eigenvalue weighted by Crippen LogP contribution is 2.48. The number of piperidine rings is 1. The lowest BCUT2D eigenvalue weighted by atomic mass is 9.64. The molecule has 1 aliphatic heterocycles. The topological polar surface area (TPSA) is 3.24 Å². The average Bonchev–Trinajstić information content (AvgIpc) is 2.38. The van der Waals surface area contributed by atoms with Crippen molar-refractivity contribution in [2.45, 2.75) is 79.7 Å². The van der Waals surface area contributed by atoms with Crippen LogP contribution < -0.4 is 0 Å². The van der Waals surface area contributed by atoms with E-state index in [2.05, 4.69) is 46.4 Å². The highest BCUT2D eigenvalue weighted by atomic mass is 15.2. The predicted octanol–water partition coefficient (Wildman–Crippen LogP) is 5.27. The van der Waals surface area contributed by atoms with Gasteiger partial charge in [0.25, 0.3) is 0 Å². The van der Waals surface area contributed by atoms with Crippen LogP contribution in [-0.2, 0) is 0 Å². The van der Waals surface area contributed by atoms with Crippen LogP contribution in [0, 0.1) is 17.3 Å². The number of rotatable bonds is 3. The Balaban J connectivity index is 2.20. The van der Waals surface area contributed by atoms with E-state index in [9.17, 15) is 0 Å². The third-order valence-electron chi connectivity index (χ3n) is 5.72.